The van der Waals surface area contributed by atoms with Crippen LogP contribution in [-0.2, 0) is 11.2 Å². The van der Waals surface area contributed by atoms with Crippen molar-refractivity contribution in [2.45, 2.75) is 19.3 Å². The van der Waals surface area contributed by atoms with Crippen LogP contribution < -0.4 is 0 Å². The van der Waals surface area contributed by atoms with Crippen LogP contribution in [0.25, 0.3) is 0 Å². The van der Waals surface area contributed by atoms with Gasteiger partial charge in [0, 0.05) is 6.42 Å². The Kier molecular flexibility index (Phi) is 3.28. The fourth-order valence-electron chi connectivity index (χ4n) is 1.80. The van der Waals surface area contributed by atoms with Crippen LogP contribution in [0.15, 0.2) is 42.0 Å². The van der Waals surface area contributed by atoms with Crippen LogP contribution in [0.1, 0.15) is 18.4 Å². The number of Topliss-reactive ketones (excluding diaryl/α,β-unsaturated/α-hetero) is 1. The van der Waals surface area contributed by atoms with Crippen molar-refractivity contribution in [3.8, 4) is 11.5 Å². The van der Waals surface area contributed by atoms with Crippen LogP contribution in [0.5, 0.6) is 11.5 Å². The third kappa shape index (κ3) is 2.75. The number of rotatable bonds is 4. The molecule has 88 valence electrons. The number of carbonyl (C=O) groups is 1. The van der Waals surface area contributed by atoms with Crippen LogP contribution in [0.3, 0.4) is 0 Å². The summed E-state index contributed by atoms with van der Waals surface area (Å²) < 4.78 is 0. The highest BCUT2D eigenvalue weighted by atomic mass is 16.3. The molecule has 0 radical (unpaired) electrons. The maximum absolute atomic E-state index is 11.8. The first-order valence-corrected chi connectivity index (χ1v) is 5.56. The van der Waals surface area contributed by atoms with E-state index in [9.17, 15) is 9.90 Å². The molecule has 0 aromatic heterocycles. The first-order valence-electron chi connectivity index (χ1n) is 5.56. The van der Waals surface area contributed by atoms with Gasteiger partial charge < -0.3 is 10.2 Å². The number of hydrogen-bond donors (Lipinski definition) is 2. The molecule has 17 heavy (non-hydrogen) atoms. The van der Waals surface area contributed by atoms with Gasteiger partial charge in [-0.2, -0.15) is 0 Å². The third-order valence-electron chi connectivity index (χ3n) is 2.81. The summed E-state index contributed by atoms with van der Waals surface area (Å²) in [6.45, 7) is 0. The lowest BCUT2D eigenvalue weighted by molar-refractivity contribution is -0.115. The Morgan fingerprint density at radius 3 is 2.71 bits per heavy atom. The highest BCUT2D eigenvalue weighted by Crippen LogP contribution is 2.25. The molecule has 1 aliphatic carbocycles. The number of benzene rings is 1. The first-order chi connectivity index (χ1) is 8.16. The smallest absolute Gasteiger partial charge is 0.159 e. The number of allylic oxidation sites excluding steroid dienone is 4. The summed E-state index contributed by atoms with van der Waals surface area (Å²) in [5.41, 5.74) is 1.69. The van der Waals surface area contributed by atoms with Crippen molar-refractivity contribution >= 4 is 5.78 Å². The maximum Gasteiger partial charge on any atom is 0.159 e. The van der Waals surface area contributed by atoms with E-state index in [1.54, 1.807) is 6.07 Å². The number of ketones is 1. The van der Waals surface area contributed by atoms with Crippen molar-refractivity contribution in [1.29, 1.82) is 0 Å². The summed E-state index contributed by atoms with van der Waals surface area (Å²) in [7, 11) is 0. The fourth-order valence-corrected chi connectivity index (χ4v) is 1.80. The van der Waals surface area contributed by atoms with E-state index in [0.717, 1.165) is 17.6 Å². The molecule has 0 atom stereocenters. The predicted molar refractivity (Wildman–Crippen MR) is 64.9 cm³/mol. The van der Waals surface area contributed by atoms with Crippen molar-refractivity contribution in [2.75, 3.05) is 0 Å². The molecule has 1 aromatic rings. The summed E-state index contributed by atoms with van der Waals surface area (Å²) in [5, 5.41) is 18.5. The van der Waals surface area contributed by atoms with Gasteiger partial charge in [-0.3, -0.25) is 4.79 Å². The van der Waals surface area contributed by atoms with E-state index in [-0.39, 0.29) is 17.3 Å². The van der Waals surface area contributed by atoms with E-state index in [0.29, 0.717) is 12.8 Å². The molecule has 0 amide bonds. The van der Waals surface area contributed by atoms with Crippen LogP contribution in [0.4, 0.5) is 0 Å². The maximum atomic E-state index is 11.8. The molecule has 2 rings (SSSR count). The summed E-state index contributed by atoms with van der Waals surface area (Å²) in [6.07, 6.45) is 7.41. The largest absolute Gasteiger partial charge is 0.504 e. The van der Waals surface area contributed by atoms with Crippen molar-refractivity contribution in [1.82, 2.24) is 0 Å². The molecule has 2 N–H and O–H groups in total. The van der Waals surface area contributed by atoms with Crippen molar-refractivity contribution < 1.29 is 15.0 Å². The van der Waals surface area contributed by atoms with Gasteiger partial charge in [0.05, 0.1) is 0 Å². The second kappa shape index (κ2) is 4.87. The molecule has 0 heterocycles. The highest BCUT2D eigenvalue weighted by molar-refractivity contribution is 5.96. The Morgan fingerprint density at radius 2 is 2.06 bits per heavy atom. The number of hydrogen-bond acceptors (Lipinski definition) is 3. The second-order valence-corrected chi connectivity index (χ2v) is 4.07. The standard InChI is InChI=1S/C14H14O3/c15-12(11-3-1-2-4-11)7-5-10-6-8-13(16)14(17)9-10/h1-3,6,8-9,16-17H,4-5,7H2. The average molecular weight is 230 g/mol. The van der Waals surface area contributed by atoms with E-state index in [4.69, 9.17) is 5.11 Å². The van der Waals surface area contributed by atoms with Crippen molar-refractivity contribution in [3.05, 3.63) is 47.6 Å². The highest BCUT2D eigenvalue weighted by Gasteiger charge is 2.10. The summed E-state index contributed by atoms with van der Waals surface area (Å²) in [5.74, 6) is -0.137. The van der Waals surface area contributed by atoms with Gasteiger partial charge in [-0.25, -0.2) is 0 Å². The number of aryl methyl sites for hydroxylation is 1. The average Bonchev–Trinajstić information content (AvgIpc) is 2.84. The minimum atomic E-state index is -0.142. The molecule has 0 aliphatic heterocycles. The van der Waals surface area contributed by atoms with Crippen molar-refractivity contribution in [2.24, 2.45) is 0 Å². The Morgan fingerprint density at radius 1 is 1.24 bits per heavy atom. The Hall–Kier alpha value is -2.03. The lowest BCUT2D eigenvalue weighted by atomic mass is 10.0. The molecule has 0 bridgehead atoms. The summed E-state index contributed by atoms with van der Waals surface area (Å²) in [6, 6.07) is 4.64. The first kappa shape index (κ1) is 11.5. The number of phenols is 2. The molecule has 0 fully saturated rings. The van der Waals surface area contributed by atoms with Gasteiger partial charge in [0.1, 0.15) is 0 Å². The quantitative estimate of drug-likeness (QED) is 0.781. The van der Waals surface area contributed by atoms with Gasteiger partial charge in [-0.05, 0) is 36.1 Å². The third-order valence-corrected chi connectivity index (χ3v) is 2.81. The number of aromatic hydroxyl groups is 2. The Balaban J connectivity index is 1.93. The molecule has 3 heteroatoms. The zero-order valence-electron chi connectivity index (χ0n) is 9.39. The summed E-state index contributed by atoms with van der Waals surface area (Å²) >= 11 is 0. The molecule has 0 saturated carbocycles. The zero-order chi connectivity index (χ0) is 12.3. The lowest BCUT2D eigenvalue weighted by Gasteiger charge is -2.04. The van der Waals surface area contributed by atoms with Gasteiger partial charge in [0.25, 0.3) is 0 Å². The van der Waals surface area contributed by atoms with Crippen LogP contribution in [-0.4, -0.2) is 16.0 Å². The van der Waals surface area contributed by atoms with E-state index in [1.165, 1.54) is 12.1 Å². The molecule has 1 aromatic carbocycles. The van der Waals surface area contributed by atoms with Gasteiger partial charge in [0.15, 0.2) is 17.3 Å². The van der Waals surface area contributed by atoms with E-state index < -0.39 is 0 Å². The minimum absolute atomic E-state index is 0.136. The Bertz CT molecular complexity index is 498. The topological polar surface area (TPSA) is 57.5 Å². The number of carbonyl (C=O) groups excluding carboxylic acids is 1. The van der Waals surface area contributed by atoms with Crippen LogP contribution in [0, 0.1) is 0 Å². The van der Waals surface area contributed by atoms with Gasteiger partial charge in [-0.1, -0.05) is 24.3 Å². The lowest BCUT2D eigenvalue weighted by Crippen LogP contribution is -2.02. The minimum Gasteiger partial charge on any atom is -0.504 e. The molecule has 0 saturated heterocycles. The number of phenolic OH excluding ortho intramolecular Hbond substituents is 2. The normalized spacial score (nSPS) is 13.8. The van der Waals surface area contributed by atoms with E-state index in [1.807, 2.05) is 18.2 Å². The van der Waals surface area contributed by atoms with Gasteiger partial charge >= 0.3 is 0 Å². The SMILES string of the molecule is O=C(CCc1ccc(O)c(O)c1)C1=CC=CC1. The van der Waals surface area contributed by atoms with Gasteiger partial charge in [0.2, 0.25) is 0 Å². The van der Waals surface area contributed by atoms with Crippen LogP contribution in [0.2, 0.25) is 0 Å². The molecular formula is C14H14O3. The molecule has 1 aliphatic rings. The Labute approximate surface area is 99.7 Å². The molecule has 0 spiro atoms. The molecular weight excluding hydrogens is 216 g/mol. The van der Waals surface area contributed by atoms with Crippen molar-refractivity contribution in [3.63, 3.8) is 0 Å². The monoisotopic (exact) mass is 230 g/mol. The fraction of sp³-hybridized carbons (Fsp3) is 0.214. The predicted octanol–water partition coefficient (Wildman–Crippen LogP) is 2.49. The van der Waals surface area contributed by atoms with E-state index >= 15 is 0 Å². The second-order valence-electron chi connectivity index (χ2n) is 4.07. The van der Waals surface area contributed by atoms with E-state index in [2.05, 4.69) is 0 Å². The van der Waals surface area contributed by atoms with Gasteiger partial charge in [-0.15, -0.1) is 0 Å². The molecule has 0 unspecified atom stereocenters. The molecule has 3 nitrogen and oxygen atoms in total. The summed E-state index contributed by atoms with van der Waals surface area (Å²) in [4.78, 5) is 11.8. The van der Waals surface area contributed by atoms with Crippen LogP contribution >= 0.6 is 0 Å². The zero-order valence-corrected chi connectivity index (χ0v) is 9.39.